The van der Waals surface area contributed by atoms with Crippen molar-refractivity contribution in [3.63, 3.8) is 0 Å². The van der Waals surface area contributed by atoms with Crippen LogP contribution in [0.1, 0.15) is 35.3 Å². The van der Waals surface area contributed by atoms with Gasteiger partial charge in [0, 0.05) is 31.3 Å². The minimum absolute atomic E-state index is 0.0743. The average Bonchev–Trinajstić information content (AvgIpc) is 2.97. The molecule has 1 aromatic heterocycles. The molecule has 0 atom stereocenters. The second kappa shape index (κ2) is 6.30. The quantitative estimate of drug-likeness (QED) is 0.837. The second-order valence-corrected chi connectivity index (χ2v) is 5.97. The Morgan fingerprint density at radius 2 is 1.83 bits per heavy atom. The zero-order chi connectivity index (χ0) is 17.3. The van der Waals surface area contributed by atoms with E-state index < -0.39 is 11.9 Å². The fourth-order valence-electron chi connectivity index (χ4n) is 2.97. The largest absolute Gasteiger partial charge is 0.435 e. The molecule has 0 bridgehead atoms. The van der Waals surface area contributed by atoms with Gasteiger partial charge >= 0.3 is 6.18 Å². The van der Waals surface area contributed by atoms with E-state index in [1.54, 1.807) is 29.2 Å². The van der Waals surface area contributed by atoms with E-state index in [-0.39, 0.29) is 5.91 Å². The Labute approximate surface area is 137 Å². The summed E-state index contributed by atoms with van der Waals surface area (Å²) >= 11 is 0. The molecule has 0 spiro atoms. The highest BCUT2D eigenvalue weighted by Crippen LogP contribution is 2.31. The number of carbonyl (C=O) groups excluding carboxylic acids is 1. The topological polar surface area (TPSA) is 38.1 Å². The van der Waals surface area contributed by atoms with Crippen molar-refractivity contribution in [1.82, 2.24) is 14.7 Å². The molecule has 128 valence electrons. The van der Waals surface area contributed by atoms with Gasteiger partial charge in [-0.1, -0.05) is 12.1 Å². The number of carbonyl (C=O) groups is 1. The van der Waals surface area contributed by atoms with E-state index in [0.717, 1.165) is 38.4 Å². The maximum absolute atomic E-state index is 12.8. The molecule has 0 N–H and O–H groups in total. The summed E-state index contributed by atoms with van der Waals surface area (Å²) in [6.45, 7) is 1.46. The average molecular weight is 337 g/mol. The van der Waals surface area contributed by atoms with E-state index in [9.17, 15) is 18.0 Å². The number of nitrogens with zero attached hydrogens (tertiary/aromatic N) is 3. The first kappa shape index (κ1) is 16.5. The maximum atomic E-state index is 12.8. The van der Waals surface area contributed by atoms with Crippen LogP contribution in [-0.2, 0) is 13.2 Å². The van der Waals surface area contributed by atoms with Crippen LogP contribution in [0.2, 0.25) is 0 Å². The number of benzene rings is 1. The Balaban J connectivity index is 1.91. The van der Waals surface area contributed by atoms with Gasteiger partial charge < -0.3 is 4.90 Å². The van der Waals surface area contributed by atoms with Crippen LogP contribution in [0, 0.1) is 0 Å². The molecular formula is C17H18F3N3O. The summed E-state index contributed by atoms with van der Waals surface area (Å²) in [5, 5.41) is 3.52. The molecule has 2 aromatic rings. The third-order valence-electron chi connectivity index (χ3n) is 4.22. The Kier molecular flexibility index (Phi) is 4.34. The number of rotatable bonds is 2. The molecule has 4 nitrogen and oxygen atoms in total. The van der Waals surface area contributed by atoms with Gasteiger partial charge in [0.05, 0.1) is 5.69 Å². The molecule has 0 radical (unpaired) electrons. The third kappa shape index (κ3) is 3.29. The van der Waals surface area contributed by atoms with Crippen molar-refractivity contribution in [2.75, 3.05) is 13.1 Å². The SMILES string of the molecule is Cn1nc(C(F)(F)F)cc1-c1cccc(C(=O)N2CCCCC2)c1. The van der Waals surface area contributed by atoms with Gasteiger partial charge in [-0.25, -0.2) is 0 Å². The number of hydrogen-bond acceptors (Lipinski definition) is 2. The molecule has 0 unspecified atom stereocenters. The summed E-state index contributed by atoms with van der Waals surface area (Å²) in [6, 6.07) is 7.71. The lowest BCUT2D eigenvalue weighted by Crippen LogP contribution is -2.35. The van der Waals surface area contributed by atoms with Crippen molar-refractivity contribution in [3.05, 3.63) is 41.6 Å². The minimum atomic E-state index is -4.49. The summed E-state index contributed by atoms with van der Waals surface area (Å²) in [7, 11) is 1.46. The molecule has 3 rings (SSSR count). The van der Waals surface area contributed by atoms with E-state index in [2.05, 4.69) is 5.10 Å². The zero-order valence-corrected chi connectivity index (χ0v) is 13.3. The van der Waals surface area contributed by atoms with Crippen molar-refractivity contribution in [1.29, 1.82) is 0 Å². The van der Waals surface area contributed by atoms with E-state index in [0.29, 0.717) is 16.8 Å². The van der Waals surface area contributed by atoms with Crippen LogP contribution in [0.4, 0.5) is 13.2 Å². The van der Waals surface area contributed by atoms with Gasteiger partial charge in [0.15, 0.2) is 5.69 Å². The molecule has 1 aromatic carbocycles. The highest BCUT2D eigenvalue weighted by Gasteiger charge is 2.34. The molecule has 0 aliphatic carbocycles. The maximum Gasteiger partial charge on any atom is 0.435 e. The van der Waals surface area contributed by atoms with E-state index >= 15 is 0 Å². The minimum Gasteiger partial charge on any atom is -0.339 e. The summed E-state index contributed by atoms with van der Waals surface area (Å²) < 4.78 is 39.6. The van der Waals surface area contributed by atoms with Gasteiger partial charge in [0.1, 0.15) is 0 Å². The summed E-state index contributed by atoms with van der Waals surface area (Å²) in [5.74, 6) is -0.0743. The van der Waals surface area contributed by atoms with Crippen molar-refractivity contribution in [2.24, 2.45) is 7.05 Å². The smallest absolute Gasteiger partial charge is 0.339 e. The fraction of sp³-hybridized carbons (Fsp3) is 0.412. The fourth-order valence-corrected chi connectivity index (χ4v) is 2.97. The molecule has 1 fully saturated rings. The molecule has 1 amide bonds. The zero-order valence-electron chi connectivity index (χ0n) is 13.3. The Bertz CT molecular complexity index is 746. The monoisotopic (exact) mass is 337 g/mol. The molecule has 1 aliphatic heterocycles. The molecular weight excluding hydrogens is 319 g/mol. The van der Waals surface area contributed by atoms with Crippen molar-refractivity contribution < 1.29 is 18.0 Å². The lowest BCUT2D eigenvalue weighted by Gasteiger charge is -2.26. The molecule has 0 saturated carbocycles. The van der Waals surface area contributed by atoms with E-state index in [1.807, 2.05) is 0 Å². The number of likely N-dealkylation sites (tertiary alicyclic amines) is 1. The number of halogens is 3. The van der Waals surface area contributed by atoms with Crippen LogP contribution in [0.3, 0.4) is 0 Å². The van der Waals surface area contributed by atoms with Gasteiger partial charge in [0.2, 0.25) is 0 Å². The lowest BCUT2D eigenvalue weighted by atomic mass is 10.0. The molecule has 1 saturated heterocycles. The van der Waals surface area contributed by atoms with Crippen LogP contribution in [0.25, 0.3) is 11.3 Å². The van der Waals surface area contributed by atoms with Crippen LogP contribution >= 0.6 is 0 Å². The van der Waals surface area contributed by atoms with Gasteiger partial charge in [0.25, 0.3) is 5.91 Å². The third-order valence-corrected chi connectivity index (χ3v) is 4.22. The van der Waals surface area contributed by atoms with Crippen LogP contribution in [0.15, 0.2) is 30.3 Å². The lowest BCUT2D eigenvalue weighted by molar-refractivity contribution is -0.141. The highest BCUT2D eigenvalue weighted by atomic mass is 19.4. The number of hydrogen-bond donors (Lipinski definition) is 0. The second-order valence-electron chi connectivity index (χ2n) is 5.97. The Morgan fingerprint density at radius 1 is 1.12 bits per heavy atom. The van der Waals surface area contributed by atoms with E-state index in [4.69, 9.17) is 0 Å². The summed E-state index contributed by atoms with van der Waals surface area (Å²) in [6.07, 6.45) is -1.39. The number of amides is 1. The Hall–Kier alpha value is -2.31. The highest BCUT2D eigenvalue weighted by molar-refractivity contribution is 5.95. The first-order chi connectivity index (χ1) is 11.4. The van der Waals surface area contributed by atoms with Crippen LogP contribution in [-0.4, -0.2) is 33.7 Å². The molecule has 1 aliphatic rings. The predicted octanol–water partition coefficient (Wildman–Crippen LogP) is 3.73. The molecule has 24 heavy (non-hydrogen) atoms. The van der Waals surface area contributed by atoms with Crippen LogP contribution < -0.4 is 0 Å². The van der Waals surface area contributed by atoms with Crippen molar-refractivity contribution in [3.8, 4) is 11.3 Å². The van der Waals surface area contributed by atoms with Gasteiger partial charge in [-0.15, -0.1) is 0 Å². The first-order valence-electron chi connectivity index (χ1n) is 7.87. The van der Waals surface area contributed by atoms with E-state index in [1.165, 1.54) is 11.7 Å². The van der Waals surface area contributed by atoms with Gasteiger partial charge in [-0.3, -0.25) is 9.48 Å². The summed E-state index contributed by atoms with van der Waals surface area (Å²) in [4.78, 5) is 14.4. The van der Waals surface area contributed by atoms with Crippen LogP contribution in [0.5, 0.6) is 0 Å². The van der Waals surface area contributed by atoms with Crippen molar-refractivity contribution >= 4 is 5.91 Å². The van der Waals surface area contributed by atoms with Crippen molar-refractivity contribution in [2.45, 2.75) is 25.4 Å². The number of aryl methyl sites for hydroxylation is 1. The Morgan fingerprint density at radius 3 is 2.46 bits per heavy atom. The summed E-state index contributed by atoms with van der Waals surface area (Å²) in [5.41, 5.74) is 0.427. The number of aromatic nitrogens is 2. The normalized spacial score (nSPS) is 15.6. The van der Waals surface area contributed by atoms with Gasteiger partial charge in [-0.05, 0) is 37.5 Å². The predicted molar refractivity (Wildman–Crippen MR) is 83.4 cm³/mol. The first-order valence-corrected chi connectivity index (χ1v) is 7.87. The standard InChI is InChI=1S/C17H18F3N3O/c1-22-14(11-15(21-22)17(18,19)20)12-6-5-7-13(10-12)16(24)23-8-3-2-4-9-23/h5-7,10-11H,2-4,8-9H2,1H3. The van der Waals surface area contributed by atoms with Gasteiger partial charge in [-0.2, -0.15) is 18.3 Å². The molecule has 7 heteroatoms. The number of alkyl halides is 3. The molecule has 2 heterocycles. The number of piperidine rings is 1.